The molecule has 0 saturated carbocycles. The summed E-state index contributed by atoms with van der Waals surface area (Å²) in [6.45, 7) is 5.00. The van der Waals surface area contributed by atoms with Crippen LogP contribution in [0.1, 0.15) is 6.92 Å². The molecule has 2 N–H and O–H groups in total. The molecule has 0 aromatic rings. The fourth-order valence-electron chi connectivity index (χ4n) is 0.646. The van der Waals surface area contributed by atoms with E-state index in [1.807, 2.05) is 0 Å². The second-order valence-electron chi connectivity index (χ2n) is 2.61. The Labute approximate surface area is 83.5 Å². The molecule has 0 saturated heterocycles. The Morgan fingerprint density at radius 2 is 2.14 bits per heavy atom. The van der Waals surface area contributed by atoms with Gasteiger partial charge in [-0.25, -0.2) is 5.06 Å². The lowest BCUT2D eigenvalue weighted by atomic mass is 10.3. The zero-order chi connectivity index (χ0) is 11.1. The number of allylic oxidation sites excluding steroid dienone is 3. The molecule has 0 rings (SSSR count). The van der Waals surface area contributed by atoms with E-state index < -0.39 is 0 Å². The van der Waals surface area contributed by atoms with Gasteiger partial charge in [0.25, 0.3) is 5.91 Å². The smallest absolute Gasteiger partial charge is 0.295 e. The summed E-state index contributed by atoms with van der Waals surface area (Å²) in [6.07, 6.45) is 3.06. The minimum absolute atomic E-state index is 0.180. The van der Waals surface area contributed by atoms with Crippen molar-refractivity contribution in [3.05, 3.63) is 23.5 Å². The molecule has 5 heteroatoms. The first-order valence-corrected chi connectivity index (χ1v) is 3.95. The minimum Gasteiger partial charge on any atom is -0.402 e. The SMILES string of the molecule is C=N/C(=C\C=C(/C)N)C(=O)N(C)OC. The summed E-state index contributed by atoms with van der Waals surface area (Å²) in [5.74, 6) is -0.375. The largest absolute Gasteiger partial charge is 0.402 e. The van der Waals surface area contributed by atoms with Gasteiger partial charge in [-0.05, 0) is 25.8 Å². The van der Waals surface area contributed by atoms with Gasteiger partial charge >= 0.3 is 0 Å². The van der Waals surface area contributed by atoms with Crippen molar-refractivity contribution in [1.82, 2.24) is 5.06 Å². The number of rotatable bonds is 4. The zero-order valence-corrected chi connectivity index (χ0v) is 8.65. The molecule has 0 bridgehead atoms. The highest BCUT2D eigenvalue weighted by molar-refractivity contribution is 5.93. The van der Waals surface area contributed by atoms with Crippen molar-refractivity contribution in [1.29, 1.82) is 0 Å². The van der Waals surface area contributed by atoms with Crippen molar-refractivity contribution in [3.8, 4) is 0 Å². The van der Waals surface area contributed by atoms with E-state index in [1.54, 1.807) is 13.0 Å². The number of likely N-dealkylation sites (N-methyl/N-ethyl adjacent to an activating group) is 1. The fourth-order valence-corrected chi connectivity index (χ4v) is 0.646. The lowest BCUT2D eigenvalue weighted by Gasteiger charge is -2.12. The summed E-state index contributed by atoms with van der Waals surface area (Å²) in [5.41, 5.74) is 6.16. The molecule has 0 spiro atoms. The van der Waals surface area contributed by atoms with E-state index in [0.717, 1.165) is 5.06 Å². The van der Waals surface area contributed by atoms with Gasteiger partial charge in [0.2, 0.25) is 0 Å². The second kappa shape index (κ2) is 5.93. The first-order chi connectivity index (χ1) is 6.52. The molecule has 0 aliphatic heterocycles. The summed E-state index contributed by atoms with van der Waals surface area (Å²) in [4.78, 5) is 19.7. The Morgan fingerprint density at radius 3 is 2.50 bits per heavy atom. The molecule has 0 aliphatic carbocycles. The van der Waals surface area contributed by atoms with Gasteiger partial charge in [0.05, 0.1) is 7.11 Å². The van der Waals surface area contributed by atoms with Crippen LogP contribution in [0.5, 0.6) is 0 Å². The van der Waals surface area contributed by atoms with Crippen molar-refractivity contribution in [3.63, 3.8) is 0 Å². The topological polar surface area (TPSA) is 67.9 Å². The predicted octanol–water partition coefficient (Wildman–Crippen LogP) is 0.453. The fraction of sp³-hybridized carbons (Fsp3) is 0.333. The normalized spacial score (nSPS) is 12.5. The highest BCUT2D eigenvalue weighted by Crippen LogP contribution is 2.02. The number of carbonyl (C=O) groups excluding carboxylic acids is 1. The van der Waals surface area contributed by atoms with Crippen LogP contribution in [-0.2, 0) is 9.63 Å². The number of hydroxylamine groups is 2. The first-order valence-electron chi connectivity index (χ1n) is 3.95. The molecular formula is C9H15N3O2. The molecule has 0 aromatic carbocycles. The van der Waals surface area contributed by atoms with E-state index in [2.05, 4.69) is 11.7 Å². The van der Waals surface area contributed by atoms with Crippen LogP contribution in [0.15, 0.2) is 28.5 Å². The summed E-state index contributed by atoms with van der Waals surface area (Å²) < 4.78 is 0. The van der Waals surface area contributed by atoms with Crippen LogP contribution < -0.4 is 5.73 Å². The van der Waals surface area contributed by atoms with E-state index in [-0.39, 0.29) is 11.6 Å². The maximum atomic E-state index is 11.4. The van der Waals surface area contributed by atoms with Crippen LogP contribution in [0.3, 0.4) is 0 Å². The summed E-state index contributed by atoms with van der Waals surface area (Å²) in [7, 11) is 2.88. The molecule has 0 radical (unpaired) electrons. The lowest BCUT2D eigenvalue weighted by molar-refractivity contribution is -0.163. The maximum absolute atomic E-state index is 11.4. The number of hydrogen-bond acceptors (Lipinski definition) is 4. The van der Waals surface area contributed by atoms with Crippen LogP contribution in [0, 0.1) is 0 Å². The third-order valence-corrected chi connectivity index (χ3v) is 1.45. The molecule has 0 aliphatic rings. The number of nitrogens with zero attached hydrogens (tertiary/aromatic N) is 2. The summed E-state index contributed by atoms with van der Waals surface area (Å²) in [5, 5.41) is 1.06. The third kappa shape index (κ3) is 3.86. The van der Waals surface area contributed by atoms with Gasteiger partial charge in [-0.3, -0.25) is 14.6 Å². The van der Waals surface area contributed by atoms with Gasteiger partial charge in [-0.1, -0.05) is 0 Å². The van der Waals surface area contributed by atoms with E-state index in [9.17, 15) is 4.79 Å². The van der Waals surface area contributed by atoms with Gasteiger partial charge < -0.3 is 5.73 Å². The van der Waals surface area contributed by atoms with Gasteiger partial charge in [0.1, 0.15) is 5.70 Å². The third-order valence-electron chi connectivity index (χ3n) is 1.45. The van der Waals surface area contributed by atoms with Crippen molar-refractivity contribution in [2.24, 2.45) is 10.7 Å². The minimum atomic E-state index is -0.375. The van der Waals surface area contributed by atoms with Crippen molar-refractivity contribution >= 4 is 12.6 Å². The molecule has 0 heterocycles. The van der Waals surface area contributed by atoms with Crippen molar-refractivity contribution in [2.75, 3.05) is 14.2 Å². The van der Waals surface area contributed by atoms with Crippen molar-refractivity contribution in [2.45, 2.75) is 6.92 Å². The van der Waals surface area contributed by atoms with E-state index in [1.165, 1.54) is 20.2 Å². The predicted molar refractivity (Wildman–Crippen MR) is 55.4 cm³/mol. The highest BCUT2D eigenvalue weighted by Gasteiger charge is 2.11. The Hall–Kier alpha value is -1.62. The molecule has 0 fully saturated rings. The van der Waals surface area contributed by atoms with E-state index >= 15 is 0 Å². The number of amides is 1. The molecule has 14 heavy (non-hydrogen) atoms. The average Bonchev–Trinajstić information content (AvgIpc) is 2.16. The number of nitrogens with two attached hydrogens (primary N) is 1. The molecule has 78 valence electrons. The second-order valence-corrected chi connectivity index (χ2v) is 2.61. The molecule has 5 nitrogen and oxygen atoms in total. The molecule has 0 atom stereocenters. The Morgan fingerprint density at radius 1 is 1.57 bits per heavy atom. The molecule has 0 unspecified atom stereocenters. The standard InChI is InChI=1S/C9H15N3O2/c1-7(10)5-6-8(11-2)9(13)12(3)14-4/h5-6H,2,10H2,1,3-4H3/b7-5+,8-6-. The zero-order valence-electron chi connectivity index (χ0n) is 8.65. The number of aliphatic imine (C=N–C) groups is 1. The Bertz CT molecular complexity index is 278. The van der Waals surface area contributed by atoms with E-state index in [4.69, 9.17) is 10.6 Å². The van der Waals surface area contributed by atoms with E-state index in [0.29, 0.717) is 5.70 Å². The first kappa shape index (κ1) is 12.4. The van der Waals surface area contributed by atoms with Gasteiger partial charge in [-0.15, -0.1) is 0 Å². The average molecular weight is 197 g/mol. The van der Waals surface area contributed by atoms with Crippen LogP contribution in [-0.4, -0.2) is 31.8 Å². The molecule has 1 amide bonds. The molecule has 0 aromatic heterocycles. The van der Waals surface area contributed by atoms with Crippen molar-refractivity contribution < 1.29 is 9.63 Å². The summed E-state index contributed by atoms with van der Waals surface area (Å²) >= 11 is 0. The maximum Gasteiger partial charge on any atom is 0.295 e. The Balaban J connectivity index is 4.73. The van der Waals surface area contributed by atoms with Crippen LogP contribution in [0.25, 0.3) is 0 Å². The number of hydrogen-bond donors (Lipinski definition) is 1. The van der Waals surface area contributed by atoms with Gasteiger partial charge in [0.15, 0.2) is 0 Å². The summed E-state index contributed by atoms with van der Waals surface area (Å²) in [6, 6.07) is 0. The number of carbonyl (C=O) groups is 1. The molecular weight excluding hydrogens is 182 g/mol. The van der Waals surface area contributed by atoms with Crippen LogP contribution in [0.2, 0.25) is 0 Å². The van der Waals surface area contributed by atoms with Crippen LogP contribution in [0.4, 0.5) is 0 Å². The quantitative estimate of drug-likeness (QED) is 0.308. The Kier molecular flexibility index (Phi) is 5.24. The van der Waals surface area contributed by atoms with Gasteiger partial charge in [-0.2, -0.15) is 0 Å². The van der Waals surface area contributed by atoms with Gasteiger partial charge in [0, 0.05) is 12.7 Å². The lowest BCUT2D eigenvalue weighted by Crippen LogP contribution is -2.26. The van der Waals surface area contributed by atoms with Crippen LogP contribution >= 0.6 is 0 Å². The highest BCUT2D eigenvalue weighted by atomic mass is 16.7. The monoisotopic (exact) mass is 197 g/mol.